The summed E-state index contributed by atoms with van der Waals surface area (Å²) in [5, 5.41) is 9.94. The van der Waals surface area contributed by atoms with Crippen LogP contribution in [-0.2, 0) is 16.1 Å². The van der Waals surface area contributed by atoms with Crippen molar-refractivity contribution in [3.8, 4) is 5.75 Å². The number of nitrogens with zero attached hydrogens (tertiary/aromatic N) is 4. The van der Waals surface area contributed by atoms with E-state index in [1.165, 1.54) is 13.2 Å². The van der Waals surface area contributed by atoms with E-state index in [4.69, 9.17) is 16.3 Å². The van der Waals surface area contributed by atoms with E-state index in [9.17, 15) is 9.59 Å². The van der Waals surface area contributed by atoms with Crippen molar-refractivity contribution in [2.75, 3.05) is 12.0 Å². The van der Waals surface area contributed by atoms with Crippen molar-refractivity contribution in [3.05, 3.63) is 59.1 Å². The van der Waals surface area contributed by atoms with Crippen molar-refractivity contribution in [3.63, 3.8) is 0 Å². The first-order chi connectivity index (χ1) is 12.6. The monoisotopic (exact) mass is 370 g/mol. The van der Waals surface area contributed by atoms with Crippen molar-refractivity contribution in [1.29, 1.82) is 0 Å². The number of hydrogen-bond donors (Lipinski definition) is 0. The van der Waals surface area contributed by atoms with Crippen molar-refractivity contribution >= 4 is 29.1 Å². The average molecular weight is 371 g/mol. The number of carbonyl (C=O) groups is 2. The number of carbonyl (C=O) groups excluding carboxylic acids is 2. The summed E-state index contributed by atoms with van der Waals surface area (Å²) in [5.74, 6) is -0.289. The van der Waals surface area contributed by atoms with Gasteiger partial charge in [0.05, 0.1) is 24.4 Å². The second-order valence-electron chi connectivity index (χ2n) is 6.01. The summed E-state index contributed by atoms with van der Waals surface area (Å²) >= 11 is 6.13. The Morgan fingerprint density at radius 1 is 1.12 bits per heavy atom. The van der Waals surface area contributed by atoms with Gasteiger partial charge >= 0.3 is 0 Å². The molecule has 0 spiro atoms. The Balaban J connectivity index is 1.61. The van der Waals surface area contributed by atoms with Gasteiger partial charge in [-0.25, -0.2) is 4.90 Å². The number of fused-ring (bicyclic) bond motifs is 1. The first-order valence-electron chi connectivity index (χ1n) is 8.03. The van der Waals surface area contributed by atoms with Gasteiger partial charge in [0.15, 0.2) is 12.1 Å². The van der Waals surface area contributed by atoms with Crippen LogP contribution in [0, 0.1) is 0 Å². The molecule has 2 aliphatic heterocycles. The van der Waals surface area contributed by atoms with Gasteiger partial charge in [0.2, 0.25) is 0 Å². The molecule has 2 heterocycles. The lowest BCUT2D eigenvalue weighted by molar-refractivity contribution is -0.123. The highest BCUT2D eigenvalue weighted by Gasteiger charge is 2.54. The van der Waals surface area contributed by atoms with Crippen LogP contribution >= 0.6 is 11.6 Å². The molecule has 8 heteroatoms. The number of amides is 2. The maximum atomic E-state index is 12.9. The zero-order valence-electron chi connectivity index (χ0n) is 13.9. The number of imide groups is 1. The highest BCUT2D eigenvalue weighted by molar-refractivity contribution is 6.33. The second-order valence-corrected chi connectivity index (χ2v) is 6.42. The fraction of sp³-hybridized carbons (Fsp3) is 0.222. The minimum atomic E-state index is -0.827. The summed E-state index contributed by atoms with van der Waals surface area (Å²) in [7, 11) is 1.50. The Morgan fingerprint density at radius 2 is 1.88 bits per heavy atom. The number of anilines is 1. The summed E-state index contributed by atoms with van der Waals surface area (Å²) in [6.07, 6.45) is 0. The molecule has 1 saturated heterocycles. The molecule has 1 fully saturated rings. The third-order valence-corrected chi connectivity index (χ3v) is 4.73. The molecule has 0 aromatic heterocycles. The van der Waals surface area contributed by atoms with Gasteiger partial charge in [-0.2, -0.15) is 5.11 Å². The van der Waals surface area contributed by atoms with E-state index < -0.39 is 18.0 Å². The Bertz CT molecular complexity index is 903. The van der Waals surface area contributed by atoms with E-state index in [0.717, 1.165) is 10.5 Å². The predicted molar refractivity (Wildman–Crippen MR) is 94.9 cm³/mol. The first-order valence-corrected chi connectivity index (χ1v) is 8.40. The first kappa shape index (κ1) is 16.5. The largest absolute Gasteiger partial charge is 0.495 e. The molecule has 26 heavy (non-hydrogen) atoms. The lowest BCUT2D eigenvalue weighted by Gasteiger charge is -2.21. The summed E-state index contributed by atoms with van der Waals surface area (Å²) in [4.78, 5) is 26.8. The van der Waals surface area contributed by atoms with E-state index in [1.807, 2.05) is 30.3 Å². The lowest BCUT2D eigenvalue weighted by atomic mass is 10.1. The van der Waals surface area contributed by atoms with Gasteiger partial charge in [-0.3, -0.25) is 14.6 Å². The molecule has 132 valence electrons. The van der Waals surface area contributed by atoms with Crippen LogP contribution in [0.4, 0.5) is 5.69 Å². The van der Waals surface area contributed by atoms with Crippen LogP contribution in [0.5, 0.6) is 5.75 Å². The average Bonchev–Trinajstić information content (AvgIpc) is 3.16. The Morgan fingerprint density at radius 3 is 2.58 bits per heavy atom. The maximum Gasteiger partial charge on any atom is 0.263 e. The molecule has 0 saturated carbocycles. The molecular formula is C18H15ClN4O3. The molecular weight excluding hydrogens is 356 g/mol. The van der Waals surface area contributed by atoms with Crippen LogP contribution in [0.15, 0.2) is 58.9 Å². The van der Waals surface area contributed by atoms with Crippen molar-refractivity contribution < 1.29 is 14.3 Å². The molecule has 2 aliphatic rings. The van der Waals surface area contributed by atoms with Crippen LogP contribution < -0.4 is 9.64 Å². The van der Waals surface area contributed by atoms with Gasteiger partial charge < -0.3 is 4.74 Å². The van der Waals surface area contributed by atoms with Gasteiger partial charge in [0.1, 0.15) is 5.75 Å². The number of methoxy groups -OCH3 is 1. The summed E-state index contributed by atoms with van der Waals surface area (Å²) in [6, 6.07) is 12.8. The number of halogens is 1. The van der Waals surface area contributed by atoms with Crippen molar-refractivity contribution in [1.82, 2.24) is 5.01 Å². The minimum Gasteiger partial charge on any atom is -0.495 e. The van der Waals surface area contributed by atoms with E-state index in [0.29, 0.717) is 23.0 Å². The fourth-order valence-corrected chi connectivity index (χ4v) is 3.43. The zero-order valence-corrected chi connectivity index (χ0v) is 14.6. The molecule has 0 unspecified atom stereocenters. The molecule has 2 aromatic carbocycles. The molecule has 0 radical (unpaired) electrons. The van der Waals surface area contributed by atoms with E-state index in [2.05, 4.69) is 10.3 Å². The predicted octanol–water partition coefficient (Wildman–Crippen LogP) is 2.84. The molecule has 0 aliphatic carbocycles. The molecule has 2 atom stereocenters. The van der Waals surface area contributed by atoms with Crippen LogP contribution in [0.3, 0.4) is 0 Å². The van der Waals surface area contributed by atoms with E-state index >= 15 is 0 Å². The second kappa shape index (κ2) is 6.42. The number of rotatable bonds is 4. The molecule has 4 rings (SSSR count). The smallest absolute Gasteiger partial charge is 0.263 e. The van der Waals surface area contributed by atoms with Gasteiger partial charge in [-0.1, -0.05) is 47.2 Å². The quantitative estimate of drug-likeness (QED) is 0.775. The summed E-state index contributed by atoms with van der Waals surface area (Å²) in [6.45, 7) is 0.404. The van der Waals surface area contributed by atoms with Crippen LogP contribution in [0.25, 0.3) is 0 Å². The normalized spacial score (nSPS) is 21.5. The third-order valence-electron chi connectivity index (χ3n) is 4.44. The van der Waals surface area contributed by atoms with Crippen molar-refractivity contribution in [2.45, 2.75) is 18.6 Å². The van der Waals surface area contributed by atoms with Gasteiger partial charge in [-0.05, 0) is 23.8 Å². The van der Waals surface area contributed by atoms with Gasteiger partial charge in [0, 0.05) is 0 Å². The molecule has 2 amide bonds. The Kier molecular flexibility index (Phi) is 4.08. The molecule has 0 bridgehead atoms. The zero-order chi connectivity index (χ0) is 18.3. The standard InChI is InChI=1S/C18H15ClN4O3/c1-26-14-8-7-12(9-13(14)19)23-17(24)15-16(18(23)25)22(21-20-15)10-11-5-3-2-4-6-11/h2-9,15-16H,10H2,1H3/t15-,16-/m1/s1. The van der Waals surface area contributed by atoms with E-state index in [-0.39, 0.29) is 5.91 Å². The van der Waals surface area contributed by atoms with Crippen LogP contribution in [0.1, 0.15) is 5.56 Å². The highest BCUT2D eigenvalue weighted by Crippen LogP contribution is 2.35. The highest BCUT2D eigenvalue weighted by atomic mass is 35.5. The Hall–Kier alpha value is -2.93. The molecule has 2 aromatic rings. The summed E-state index contributed by atoms with van der Waals surface area (Å²) in [5.41, 5.74) is 1.38. The summed E-state index contributed by atoms with van der Waals surface area (Å²) < 4.78 is 5.11. The topological polar surface area (TPSA) is 74.6 Å². The lowest BCUT2D eigenvalue weighted by Crippen LogP contribution is -2.39. The van der Waals surface area contributed by atoms with E-state index in [1.54, 1.807) is 17.1 Å². The fourth-order valence-electron chi connectivity index (χ4n) is 3.17. The van der Waals surface area contributed by atoms with Crippen LogP contribution in [-0.4, -0.2) is 36.0 Å². The number of hydrogen-bond acceptors (Lipinski definition) is 6. The third kappa shape index (κ3) is 2.61. The van der Waals surface area contributed by atoms with Crippen molar-refractivity contribution in [2.24, 2.45) is 10.3 Å². The maximum absolute atomic E-state index is 12.9. The Labute approximate surface area is 154 Å². The molecule has 7 nitrogen and oxygen atoms in total. The number of ether oxygens (including phenoxy) is 1. The minimum absolute atomic E-state index is 0.324. The van der Waals surface area contributed by atoms with Crippen LogP contribution in [0.2, 0.25) is 5.02 Å². The van der Waals surface area contributed by atoms with Gasteiger partial charge in [-0.15, -0.1) is 0 Å². The van der Waals surface area contributed by atoms with Gasteiger partial charge in [0.25, 0.3) is 11.8 Å². The molecule has 0 N–H and O–H groups in total. The number of benzene rings is 2. The SMILES string of the molecule is COc1ccc(N2C(=O)[C@@H]3N=NN(Cc4ccccc4)[C@H]3C2=O)cc1Cl.